The zero-order valence-corrected chi connectivity index (χ0v) is 22.5. The number of carboxylic acids is 1. The highest BCUT2D eigenvalue weighted by Crippen LogP contribution is 2.34. The van der Waals surface area contributed by atoms with Gasteiger partial charge in [0, 0.05) is 11.1 Å². The molecule has 1 heterocycles. The summed E-state index contributed by atoms with van der Waals surface area (Å²) >= 11 is 0. The van der Waals surface area contributed by atoms with Crippen molar-refractivity contribution in [1.82, 2.24) is 10.3 Å². The summed E-state index contributed by atoms with van der Waals surface area (Å²) in [6, 6.07) is 28.5. The molecule has 0 saturated carbocycles. The van der Waals surface area contributed by atoms with Crippen LogP contribution in [0.25, 0.3) is 33.9 Å². The molecule has 7 nitrogen and oxygen atoms in total. The smallest absolute Gasteiger partial charge is 0.416 e. The van der Waals surface area contributed by atoms with E-state index < -0.39 is 29.7 Å². The Labute approximate surface area is 244 Å². The van der Waals surface area contributed by atoms with Crippen LogP contribution < -0.4 is 5.32 Å². The molecule has 43 heavy (non-hydrogen) atoms. The van der Waals surface area contributed by atoms with E-state index in [0.717, 1.165) is 28.8 Å². The number of nitrogens with one attached hydrogen (secondary N) is 1. The number of aliphatic carboxylic acids is 1. The number of oxazole rings is 1. The number of carboxylic acid groups (broad SMARTS) is 1. The van der Waals surface area contributed by atoms with Gasteiger partial charge in [-0.05, 0) is 41.0 Å². The van der Waals surface area contributed by atoms with E-state index in [1.807, 2.05) is 72.8 Å². The van der Waals surface area contributed by atoms with Crippen LogP contribution in [0.3, 0.4) is 0 Å². The molecule has 0 radical (unpaired) electrons. The van der Waals surface area contributed by atoms with Crippen LogP contribution >= 0.6 is 0 Å². The summed E-state index contributed by atoms with van der Waals surface area (Å²) in [7, 11) is 0. The minimum atomic E-state index is -4.53. The molecule has 0 unspecified atom stereocenters. The second kappa shape index (κ2) is 12.7. The molecule has 5 aromatic rings. The first-order valence-corrected chi connectivity index (χ1v) is 13.2. The first-order valence-electron chi connectivity index (χ1n) is 13.2. The summed E-state index contributed by atoms with van der Waals surface area (Å²) in [6.07, 6.45) is -4.53. The summed E-state index contributed by atoms with van der Waals surface area (Å²) in [6.45, 7) is -0.178. The van der Waals surface area contributed by atoms with Gasteiger partial charge < -0.3 is 19.6 Å². The molecule has 4 aromatic carbocycles. The Morgan fingerprint density at radius 3 is 1.95 bits per heavy atom. The second-order valence-corrected chi connectivity index (χ2v) is 9.58. The largest absolute Gasteiger partial charge is 0.480 e. The van der Waals surface area contributed by atoms with Gasteiger partial charge >= 0.3 is 12.1 Å². The van der Waals surface area contributed by atoms with Crippen LogP contribution in [0, 0.1) is 0 Å². The maximum Gasteiger partial charge on any atom is 0.416 e. The van der Waals surface area contributed by atoms with Gasteiger partial charge in [0.2, 0.25) is 5.89 Å². The van der Waals surface area contributed by atoms with E-state index in [2.05, 4.69) is 10.3 Å². The Morgan fingerprint density at radius 2 is 1.35 bits per heavy atom. The highest BCUT2D eigenvalue weighted by Gasteiger charge is 2.31. The van der Waals surface area contributed by atoms with E-state index >= 15 is 0 Å². The molecule has 1 amide bonds. The van der Waals surface area contributed by atoms with Gasteiger partial charge in [-0.2, -0.15) is 13.2 Å². The summed E-state index contributed by atoms with van der Waals surface area (Å²) in [5.41, 5.74) is 2.29. The third-order valence-corrected chi connectivity index (χ3v) is 6.56. The summed E-state index contributed by atoms with van der Waals surface area (Å²) in [5.74, 6) is -2.24. The number of alkyl halides is 3. The summed E-state index contributed by atoms with van der Waals surface area (Å²) in [4.78, 5) is 29.6. The molecule has 0 fully saturated rings. The van der Waals surface area contributed by atoms with Gasteiger partial charge in [-0.1, -0.05) is 84.9 Å². The Balaban J connectivity index is 1.43. The lowest BCUT2D eigenvalue weighted by molar-refractivity contribution is -0.141. The maximum atomic E-state index is 13.4. The molecule has 218 valence electrons. The number of hydrogen-bond donors (Lipinski definition) is 2. The molecule has 0 aliphatic carbocycles. The molecule has 0 bridgehead atoms. The highest BCUT2D eigenvalue weighted by atomic mass is 19.4. The van der Waals surface area contributed by atoms with Gasteiger partial charge in [0.05, 0.1) is 18.8 Å². The lowest BCUT2D eigenvalue weighted by Crippen LogP contribution is -2.44. The average Bonchev–Trinajstić information content (AvgIpc) is 3.47. The Bertz CT molecular complexity index is 1690. The van der Waals surface area contributed by atoms with E-state index in [1.165, 1.54) is 12.1 Å². The molecule has 1 atom stereocenters. The Morgan fingerprint density at radius 1 is 0.791 bits per heavy atom. The quantitative estimate of drug-likeness (QED) is 0.181. The van der Waals surface area contributed by atoms with Crippen molar-refractivity contribution in [2.45, 2.75) is 18.8 Å². The van der Waals surface area contributed by atoms with Crippen molar-refractivity contribution in [3.05, 3.63) is 126 Å². The van der Waals surface area contributed by atoms with Crippen LogP contribution in [-0.2, 0) is 22.3 Å². The van der Waals surface area contributed by atoms with Crippen molar-refractivity contribution >= 4 is 11.9 Å². The van der Waals surface area contributed by atoms with E-state index in [1.54, 1.807) is 12.1 Å². The number of carbonyl (C=O) groups is 2. The third kappa shape index (κ3) is 7.17. The van der Waals surface area contributed by atoms with Gasteiger partial charge in [-0.3, -0.25) is 4.79 Å². The maximum absolute atomic E-state index is 13.4. The fourth-order valence-corrected chi connectivity index (χ4v) is 4.31. The SMILES string of the molecule is O=C(N[C@@H](COCc1ccccc1)C(=O)O)c1nc(-c2ccc(C(F)(F)F)cc2)oc1-c1ccc(-c2ccccc2)cc1. The standard InChI is InChI=1S/C33H25F3N2O5/c34-33(35,36)26-17-15-25(16-18-26)31-38-28(29(43-31)24-13-11-23(12-14-24)22-9-5-2-6-10-22)30(39)37-27(32(40)41)20-42-19-21-7-3-1-4-8-21/h1-18,27H,19-20H2,(H,37,39)(H,40,41)/t27-/m0/s1. The number of nitrogens with zero attached hydrogens (tertiary/aromatic N) is 1. The van der Waals surface area contributed by atoms with Crippen molar-refractivity contribution < 1.29 is 37.0 Å². The van der Waals surface area contributed by atoms with Gasteiger partial charge in [-0.25, -0.2) is 9.78 Å². The van der Waals surface area contributed by atoms with Crippen molar-refractivity contribution in [2.75, 3.05) is 6.61 Å². The highest BCUT2D eigenvalue weighted by molar-refractivity contribution is 6.00. The molecule has 0 saturated heterocycles. The zero-order valence-electron chi connectivity index (χ0n) is 22.5. The van der Waals surface area contributed by atoms with E-state index in [-0.39, 0.29) is 36.1 Å². The number of halogens is 3. The first kappa shape index (κ1) is 29.3. The van der Waals surface area contributed by atoms with Crippen molar-refractivity contribution in [3.63, 3.8) is 0 Å². The first-order chi connectivity index (χ1) is 20.7. The number of hydrogen-bond acceptors (Lipinski definition) is 5. The van der Waals surface area contributed by atoms with Crippen LogP contribution in [-0.4, -0.2) is 34.6 Å². The van der Waals surface area contributed by atoms with Crippen LogP contribution in [0.2, 0.25) is 0 Å². The van der Waals surface area contributed by atoms with Crippen LogP contribution in [0.15, 0.2) is 114 Å². The predicted molar refractivity (Wildman–Crippen MR) is 153 cm³/mol. The Hall–Kier alpha value is -5.22. The number of benzene rings is 4. The van der Waals surface area contributed by atoms with E-state index in [0.29, 0.717) is 5.56 Å². The zero-order chi connectivity index (χ0) is 30.4. The lowest BCUT2D eigenvalue weighted by atomic mass is 10.0. The molecule has 0 spiro atoms. The molecular weight excluding hydrogens is 561 g/mol. The minimum absolute atomic E-state index is 0.0290. The molecular formula is C33H25F3N2O5. The normalized spacial score (nSPS) is 12.1. The average molecular weight is 587 g/mol. The minimum Gasteiger partial charge on any atom is -0.480 e. The van der Waals surface area contributed by atoms with Crippen molar-refractivity contribution in [1.29, 1.82) is 0 Å². The van der Waals surface area contributed by atoms with Crippen molar-refractivity contribution in [3.8, 4) is 33.9 Å². The number of ether oxygens (including phenoxy) is 1. The van der Waals surface area contributed by atoms with Crippen LogP contribution in [0.4, 0.5) is 13.2 Å². The van der Waals surface area contributed by atoms with Crippen molar-refractivity contribution in [2.24, 2.45) is 0 Å². The van der Waals surface area contributed by atoms with Gasteiger partial charge in [0.25, 0.3) is 5.91 Å². The fourth-order valence-electron chi connectivity index (χ4n) is 4.31. The van der Waals surface area contributed by atoms with E-state index in [9.17, 15) is 27.9 Å². The van der Waals surface area contributed by atoms with Crippen LogP contribution in [0.5, 0.6) is 0 Å². The topological polar surface area (TPSA) is 102 Å². The summed E-state index contributed by atoms with van der Waals surface area (Å²) in [5, 5.41) is 12.2. The predicted octanol–water partition coefficient (Wildman–Crippen LogP) is 7.09. The third-order valence-electron chi connectivity index (χ3n) is 6.56. The number of aromatic nitrogens is 1. The number of amides is 1. The Kier molecular flexibility index (Phi) is 8.68. The van der Waals surface area contributed by atoms with Gasteiger partial charge in [0.1, 0.15) is 0 Å². The lowest BCUT2D eigenvalue weighted by Gasteiger charge is -2.14. The van der Waals surface area contributed by atoms with Gasteiger partial charge in [0.15, 0.2) is 17.5 Å². The number of carbonyl (C=O) groups excluding carboxylic acids is 1. The molecule has 0 aliphatic heterocycles. The van der Waals surface area contributed by atoms with E-state index in [4.69, 9.17) is 9.15 Å². The second-order valence-electron chi connectivity index (χ2n) is 9.58. The van der Waals surface area contributed by atoms with Crippen LogP contribution in [0.1, 0.15) is 21.6 Å². The summed E-state index contributed by atoms with van der Waals surface area (Å²) < 4.78 is 50.7. The molecule has 0 aliphatic rings. The molecule has 2 N–H and O–H groups in total. The molecule has 1 aromatic heterocycles. The molecule has 5 rings (SSSR count). The molecule has 10 heteroatoms. The number of rotatable bonds is 10. The monoisotopic (exact) mass is 586 g/mol. The van der Waals surface area contributed by atoms with Gasteiger partial charge in [-0.15, -0.1) is 0 Å². The fraction of sp³-hybridized carbons (Fsp3) is 0.121.